The number of carboxylic acids is 1. The minimum Gasteiger partial charge on any atom is -0.497 e. The Bertz CT molecular complexity index is 454. The van der Waals surface area contributed by atoms with Gasteiger partial charge in [0.2, 0.25) is 0 Å². The van der Waals surface area contributed by atoms with Crippen LogP contribution in [-0.2, 0) is 4.79 Å². The molecule has 0 amide bonds. The zero-order valence-corrected chi connectivity index (χ0v) is 10.7. The minimum absolute atomic E-state index is 0.426. The number of aliphatic carboxylic acids is 1. The molecule has 0 aliphatic rings. The van der Waals surface area contributed by atoms with Crippen molar-refractivity contribution in [1.82, 2.24) is 0 Å². The molecule has 1 rings (SSSR count). The number of anilines is 1. The molecule has 0 spiro atoms. The van der Waals surface area contributed by atoms with Crippen LogP contribution in [0.2, 0.25) is 0 Å². The first kappa shape index (κ1) is 13.9. The van der Waals surface area contributed by atoms with E-state index in [1.54, 1.807) is 39.3 Å². The summed E-state index contributed by atoms with van der Waals surface area (Å²) in [4.78, 5) is 10.5. The highest BCUT2D eigenvalue weighted by atomic mass is 16.5. The average molecular weight is 251 g/mol. The van der Waals surface area contributed by atoms with E-state index in [-0.39, 0.29) is 0 Å². The molecular weight excluding hydrogens is 234 g/mol. The highest BCUT2D eigenvalue weighted by Crippen LogP contribution is 2.28. The molecule has 0 aliphatic heterocycles. The van der Waals surface area contributed by atoms with Gasteiger partial charge in [0.15, 0.2) is 0 Å². The Morgan fingerprint density at radius 3 is 2.67 bits per heavy atom. The Hall–Kier alpha value is -2.17. The lowest BCUT2D eigenvalue weighted by atomic mass is 10.2. The average Bonchev–Trinajstić information content (AvgIpc) is 2.35. The van der Waals surface area contributed by atoms with E-state index in [0.717, 1.165) is 5.69 Å². The van der Waals surface area contributed by atoms with E-state index < -0.39 is 5.97 Å². The third-order valence-corrected chi connectivity index (χ3v) is 2.33. The second kappa shape index (κ2) is 6.54. The standard InChI is InChI=1S/C13H17NO4/c1-9(6-13(15)16)8-14-11-7-10(17-2)4-5-12(11)18-3/h4-7,14H,8H2,1-3H3,(H,15,16)/b9-6+. The number of carbonyl (C=O) groups is 1. The predicted octanol–water partition coefficient (Wildman–Crippen LogP) is 2.15. The number of hydrogen-bond donors (Lipinski definition) is 2. The Morgan fingerprint density at radius 1 is 1.39 bits per heavy atom. The van der Waals surface area contributed by atoms with Crippen LogP contribution in [-0.4, -0.2) is 31.8 Å². The van der Waals surface area contributed by atoms with Crippen molar-refractivity contribution < 1.29 is 19.4 Å². The SMILES string of the molecule is COc1ccc(OC)c(NC/C(C)=C/C(=O)O)c1. The molecule has 0 aliphatic carbocycles. The van der Waals surface area contributed by atoms with E-state index in [0.29, 0.717) is 23.6 Å². The maximum absolute atomic E-state index is 10.5. The Balaban J connectivity index is 2.79. The first-order valence-electron chi connectivity index (χ1n) is 5.42. The summed E-state index contributed by atoms with van der Waals surface area (Å²) in [5.74, 6) is 0.434. The summed E-state index contributed by atoms with van der Waals surface area (Å²) in [5, 5.41) is 11.7. The molecule has 5 heteroatoms. The van der Waals surface area contributed by atoms with Gasteiger partial charge in [0, 0.05) is 18.7 Å². The molecule has 5 nitrogen and oxygen atoms in total. The van der Waals surface area contributed by atoms with Gasteiger partial charge in [-0.05, 0) is 24.6 Å². The monoisotopic (exact) mass is 251 g/mol. The van der Waals surface area contributed by atoms with Gasteiger partial charge in [-0.3, -0.25) is 0 Å². The van der Waals surface area contributed by atoms with Crippen LogP contribution < -0.4 is 14.8 Å². The van der Waals surface area contributed by atoms with Gasteiger partial charge in [-0.15, -0.1) is 0 Å². The predicted molar refractivity (Wildman–Crippen MR) is 69.4 cm³/mol. The molecule has 0 bridgehead atoms. The van der Waals surface area contributed by atoms with Gasteiger partial charge in [-0.25, -0.2) is 4.79 Å². The summed E-state index contributed by atoms with van der Waals surface area (Å²) in [6, 6.07) is 5.38. The first-order chi connectivity index (χ1) is 8.56. The lowest BCUT2D eigenvalue weighted by molar-refractivity contribution is -0.131. The van der Waals surface area contributed by atoms with Crippen molar-refractivity contribution in [2.24, 2.45) is 0 Å². The molecule has 0 heterocycles. The number of methoxy groups -OCH3 is 2. The van der Waals surface area contributed by atoms with Gasteiger partial charge < -0.3 is 19.9 Å². The summed E-state index contributed by atoms with van der Waals surface area (Å²) >= 11 is 0. The highest BCUT2D eigenvalue weighted by molar-refractivity contribution is 5.80. The van der Waals surface area contributed by atoms with Gasteiger partial charge in [0.25, 0.3) is 0 Å². The lowest BCUT2D eigenvalue weighted by Crippen LogP contribution is -2.06. The number of benzene rings is 1. The summed E-state index contributed by atoms with van der Waals surface area (Å²) in [6.07, 6.45) is 1.17. The second-order valence-electron chi connectivity index (χ2n) is 3.75. The molecule has 1 aromatic carbocycles. The van der Waals surface area contributed by atoms with E-state index in [1.165, 1.54) is 6.08 Å². The number of hydrogen-bond acceptors (Lipinski definition) is 4. The minimum atomic E-state index is -0.952. The summed E-state index contributed by atoms with van der Waals surface area (Å²) in [5.41, 5.74) is 1.47. The van der Waals surface area contributed by atoms with Crippen LogP contribution in [0, 0.1) is 0 Å². The fraction of sp³-hybridized carbons (Fsp3) is 0.308. The Labute approximate surface area is 106 Å². The van der Waals surface area contributed by atoms with E-state index in [2.05, 4.69) is 5.32 Å². The number of carboxylic acid groups (broad SMARTS) is 1. The second-order valence-corrected chi connectivity index (χ2v) is 3.75. The van der Waals surface area contributed by atoms with Crippen molar-refractivity contribution in [3.63, 3.8) is 0 Å². The number of ether oxygens (including phenoxy) is 2. The highest BCUT2D eigenvalue weighted by Gasteiger charge is 2.04. The van der Waals surface area contributed by atoms with Crippen molar-refractivity contribution in [3.05, 3.63) is 29.8 Å². The number of nitrogens with one attached hydrogen (secondary N) is 1. The largest absolute Gasteiger partial charge is 0.497 e. The van der Waals surface area contributed by atoms with Crippen molar-refractivity contribution in [2.75, 3.05) is 26.1 Å². The smallest absolute Gasteiger partial charge is 0.328 e. The molecule has 0 radical (unpaired) electrons. The topological polar surface area (TPSA) is 67.8 Å². The molecule has 0 unspecified atom stereocenters. The van der Waals surface area contributed by atoms with Crippen LogP contribution in [0.15, 0.2) is 29.8 Å². The van der Waals surface area contributed by atoms with E-state index >= 15 is 0 Å². The summed E-state index contributed by atoms with van der Waals surface area (Å²) < 4.78 is 10.3. The number of rotatable bonds is 6. The van der Waals surface area contributed by atoms with Gasteiger partial charge in [-0.1, -0.05) is 0 Å². The Kier molecular flexibility index (Phi) is 5.05. The molecule has 98 valence electrons. The molecular formula is C13H17NO4. The van der Waals surface area contributed by atoms with Gasteiger partial charge >= 0.3 is 5.97 Å². The van der Waals surface area contributed by atoms with Crippen LogP contribution in [0.25, 0.3) is 0 Å². The van der Waals surface area contributed by atoms with Crippen molar-refractivity contribution in [2.45, 2.75) is 6.92 Å². The van der Waals surface area contributed by atoms with Crippen LogP contribution in [0.3, 0.4) is 0 Å². The van der Waals surface area contributed by atoms with Crippen molar-refractivity contribution in [3.8, 4) is 11.5 Å². The van der Waals surface area contributed by atoms with E-state index in [9.17, 15) is 4.79 Å². The fourth-order valence-electron chi connectivity index (χ4n) is 1.45. The molecule has 0 atom stereocenters. The fourth-order valence-corrected chi connectivity index (χ4v) is 1.45. The molecule has 0 saturated carbocycles. The lowest BCUT2D eigenvalue weighted by Gasteiger charge is -2.12. The first-order valence-corrected chi connectivity index (χ1v) is 5.42. The van der Waals surface area contributed by atoms with Crippen molar-refractivity contribution >= 4 is 11.7 Å². The molecule has 1 aromatic rings. The quantitative estimate of drug-likeness (QED) is 0.758. The maximum Gasteiger partial charge on any atom is 0.328 e. The Morgan fingerprint density at radius 2 is 2.11 bits per heavy atom. The normalized spacial score (nSPS) is 10.9. The third kappa shape index (κ3) is 4.01. The van der Waals surface area contributed by atoms with Crippen LogP contribution in [0.5, 0.6) is 11.5 Å². The molecule has 18 heavy (non-hydrogen) atoms. The van der Waals surface area contributed by atoms with E-state index in [1.807, 2.05) is 0 Å². The molecule has 0 saturated heterocycles. The van der Waals surface area contributed by atoms with Crippen LogP contribution >= 0.6 is 0 Å². The summed E-state index contributed by atoms with van der Waals surface area (Å²) in [6.45, 7) is 2.17. The van der Waals surface area contributed by atoms with Gasteiger partial charge in [0.05, 0.1) is 19.9 Å². The molecule has 0 fully saturated rings. The van der Waals surface area contributed by atoms with E-state index in [4.69, 9.17) is 14.6 Å². The zero-order chi connectivity index (χ0) is 13.5. The third-order valence-electron chi connectivity index (χ3n) is 2.33. The van der Waals surface area contributed by atoms with Gasteiger partial charge in [-0.2, -0.15) is 0 Å². The van der Waals surface area contributed by atoms with Crippen LogP contribution in [0.1, 0.15) is 6.92 Å². The van der Waals surface area contributed by atoms with Crippen LogP contribution in [0.4, 0.5) is 5.69 Å². The van der Waals surface area contributed by atoms with Crippen molar-refractivity contribution in [1.29, 1.82) is 0 Å². The van der Waals surface area contributed by atoms with Gasteiger partial charge in [0.1, 0.15) is 11.5 Å². The maximum atomic E-state index is 10.5. The summed E-state index contributed by atoms with van der Waals surface area (Å²) in [7, 11) is 3.16. The molecule has 2 N–H and O–H groups in total. The zero-order valence-electron chi connectivity index (χ0n) is 10.7. The molecule has 0 aromatic heterocycles.